The van der Waals surface area contributed by atoms with Gasteiger partial charge in [-0.25, -0.2) is 8.78 Å². The van der Waals surface area contributed by atoms with Gasteiger partial charge in [-0.05, 0) is 18.8 Å². The van der Waals surface area contributed by atoms with Gasteiger partial charge in [0, 0.05) is 13.5 Å². The van der Waals surface area contributed by atoms with E-state index in [0.29, 0.717) is 12.8 Å². The topological polar surface area (TPSA) is 9.23 Å². The smallest absolute Gasteiger partial charge is 0.276 e. The SMILES string of the molecule is COC1(C(C)C)CCCC1(F)F. The van der Waals surface area contributed by atoms with Crippen LogP contribution in [0.1, 0.15) is 33.1 Å². The fraction of sp³-hybridized carbons (Fsp3) is 1.00. The third-order valence-electron chi connectivity index (χ3n) is 2.95. The molecule has 0 spiro atoms. The van der Waals surface area contributed by atoms with Gasteiger partial charge in [-0.15, -0.1) is 0 Å². The van der Waals surface area contributed by atoms with Crippen molar-refractivity contribution in [2.75, 3.05) is 7.11 Å². The van der Waals surface area contributed by atoms with Crippen molar-refractivity contribution >= 4 is 0 Å². The second kappa shape index (κ2) is 2.95. The molecule has 0 saturated heterocycles. The van der Waals surface area contributed by atoms with Crippen LogP contribution in [0.4, 0.5) is 8.78 Å². The van der Waals surface area contributed by atoms with Crippen molar-refractivity contribution < 1.29 is 13.5 Å². The van der Waals surface area contributed by atoms with Crippen LogP contribution in [-0.4, -0.2) is 18.6 Å². The van der Waals surface area contributed by atoms with Gasteiger partial charge in [-0.3, -0.25) is 0 Å². The molecule has 1 nitrogen and oxygen atoms in total. The molecule has 1 atom stereocenters. The highest BCUT2D eigenvalue weighted by Gasteiger charge is 2.59. The minimum absolute atomic E-state index is 0.0288. The Morgan fingerprint density at radius 2 is 1.83 bits per heavy atom. The summed E-state index contributed by atoms with van der Waals surface area (Å²) in [5.41, 5.74) is -1.20. The first kappa shape index (κ1) is 9.90. The lowest BCUT2D eigenvalue weighted by atomic mass is 9.86. The molecule has 12 heavy (non-hydrogen) atoms. The lowest BCUT2D eigenvalue weighted by Crippen LogP contribution is -2.49. The van der Waals surface area contributed by atoms with Gasteiger partial charge in [0.2, 0.25) is 0 Å². The Morgan fingerprint density at radius 1 is 1.25 bits per heavy atom. The third-order valence-corrected chi connectivity index (χ3v) is 2.95. The van der Waals surface area contributed by atoms with Gasteiger partial charge in [0.05, 0.1) is 0 Å². The van der Waals surface area contributed by atoms with Crippen LogP contribution in [0.3, 0.4) is 0 Å². The number of methoxy groups -OCH3 is 1. The number of alkyl halides is 2. The Hall–Kier alpha value is -0.180. The van der Waals surface area contributed by atoms with Gasteiger partial charge in [0.25, 0.3) is 5.92 Å². The van der Waals surface area contributed by atoms with E-state index in [1.807, 2.05) is 0 Å². The molecule has 0 radical (unpaired) electrons. The second-order valence-electron chi connectivity index (χ2n) is 3.81. The van der Waals surface area contributed by atoms with E-state index in [9.17, 15) is 8.78 Å². The minimum atomic E-state index is -2.64. The van der Waals surface area contributed by atoms with E-state index in [4.69, 9.17) is 4.74 Å². The monoisotopic (exact) mass is 178 g/mol. The first-order chi connectivity index (χ1) is 5.46. The second-order valence-corrected chi connectivity index (χ2v) is 3.81. The van der Waals surface area contributed by atoms with Crippen LogP contribution in [0, 0.1) is 5.92 Å². The zero-order chi connectivity index (χ0) is 9.41. The van der Waals surface area contributed by atoms with E-state index >= 15 is 0 Å². The Kier molecular flexibility index (Phi) is 2.43. The van der Waals surface area contributed by atoms with E-state index in [1.165, 1.54) is 7.11 Å². The molecule has 0 bridgehead atoms. The van der Waals surface area contributed by atoms with Crippen molar-refractivity contribution in [3.05, 3.63) is 0 Å². The first-order valence-corrected chi connectivity index (χ1v) is 4.39. The molecule has 1 saturated carbocycles. The standard InChI is InChI=1S/C9H16F2O/c1-7(2)8(12-3)5-4-6-9(8,10)11/h7H,4-6H2,1-3H3. The summed E-state index contributed by atoms with van der Waals surface area (Å²) in [7, 11) is 1.39. The van der Waals surface area contributed by atoms with Gasteiger partial charge in [0.1, 0.15) is 5.60 Å². The van der Waals surface area contributed by atoms with Crippen LogP contribution in [0.15, 0.2) is 0 Å². The van der Waals surface area contributed by atoms with Crippen LogP contribution in [0.2, 0.25) is 0 Å². The molecular weight excluding hydrogens is 162 g/mol. The molecule has 3 heteroatoms. The minimum Gasteiger partial charge on any atom is -0.372 e. The quantitative estimate of drug-likeness (QED) is 0.631. The summed E-state index contributed by atoms with van der Waals surface area (Å²) in [6.07, 6.45) is 1.02. The summed E-state index contributed by atoms with van der Waals surface area (Å²) in [6.45, 7) is 3.59. The highest BCUT2D eigenvalue weighted by Crippen LogP contribution is 2.49. The van der Waals surface area contributed by atoms with Gasteiger partial charge < -0.3 is 4.74 Å². The van der Waals surface area contributed by atoms with Gasteiger partial charge >= 0.3 is 0 Å². The summed E-state index contributed by atoms with van der Waals surface area (Å²) < 4.78 is 31.8. The van der Waals surface area contributed by atoms with E-state index in [2.05, 4.69) is 0 Å². The molecule has 1 rings (SSSR count). The predicted octanol–water partition coefficient (Wildman–Crippen LogP) is 2.85. The van der Waals surface area contributed by atoms with Crippen LogP contribution >= 0.6 is 0 Å². The number of hydrogen-bond acceptors (Lipinski definition) is 1. The molecular formula is C9H16F2O. The maximum atomic E-state index is 13.4. The van der Waals surface area contributed by atoms with Crippen molar-refractivity contribution in [2.45, 2.75) is 44.6 Å². The average molecular weight is 178 g/mol. The lowest BCUT2D eigenvalue weighted by molar-refractivity contribution is -0.197. The molecule has 0 aliphatic heterocycles. The van der Waals surface area contributed by atoms with E-state index in [0.717, 1.165) is 0 Å². The van der Waals surface area contributed by atoms with E-state index in [-0.39, 0.29) is 12.3 Å². The van der Waals surface area contributed by atoms with E-state index < -0.39 is 11.5 Å². The zero-order valence-corrected chi connectivity index (χ0v) is 7.86. The Morgan fingerprint density at radius 3 is 2.00 bits per heavy atom. The lowest BCUT2D eigenvalue weighted by Gasteiger charge is -2.37. The number of ether oxygens (including phenoxy) is 1. The summed E-state index contributed by atoms with van der Waals surface area (Å²) >= 11 is 0. The predicted molar refractivity (Wildman–Crippen MR) is 43.4 cm³/mol. The van der Waals surface area contributed by atoms with Crippen LogP contribution in [0.5, 0.6) is 0 Å². The molecule has 0 heterocycles. The van der Waals surface area contributed by atoms with Crippen molar-refractivity contribution in [1.29, 1.82) is 0 Å². The average Bonchev–Trinajstić information content (AvgIpc) is 2.25. The highest BCUT2D eigenvalue weighted by atomic mass is 19.3. The van der Waals surface area contributed by atoms with Crippen LogP contribution in [0.25, 0.3) is 0 Å². The maximum Gasteiger partial charge on any atom is 0.276 e. The van der Waals surface area contributed by atoms with Gasteiger partial charge in [-0.2, -0.15) is 0 Å². The molecule has 1 aliphatic carbocycles. The van der Waals surface area contributed by atoms with Crippen molar-refractivity contribution in [2.24, 2.45) is 5.92 Å². The van der Waals surface area contributed by atoms with Crippen molar-refractivity contribution in [3.63, 3.8) is 0 Å². The fourth-order valence-electron chi connectivity index (χ4n) is 2.17. The van der Waals surface area contributed by atoms with Gasteiger partial charge in [-0.1, -0.05) is 13.8 Å². The van der Waals surface area contributed by atoms with Crippen LogP contribution < -0.4 is 0 Å². The summed E-state index contributed by atoms with van der Waals surface area (Å²) in [5, 5.41) is 0. The zero-order valence-electron chi connectivity index (χ0n) is 7.86. The summed E-state index contributed by atoms with van der Waals surface area (Å²) in [4.78, 5) is 0. The molecule has 0 aromatic rings. The highest BCUT2D eigenvalue weighted by molar-refractivity contribution is 5.02. The van der Waals surface area contributed by atoms with Crippen molar-refractivity contribution in [3.8, 4) is 0 Å². The maximum absolute atomic E-state index is 13.4. The third kappa shape index (κ3) is 1.15. The number of rotatable bonds is 2. The van der Waals surface area contributed by atoms with E-state index in [1.54, 1.807) is 13.8 Å². The normalized spacial score (nSPS) is 34.5. The molecule has 1 fully saturated rings. The Balaban J connectivity index is 2.92. The molecule has 1 aliphatic rings. The van der Waals surface area contributed by atoms with Gasteiger partial charge in [0.15, 0.2) is 0 Å². The Bertz CT molecular complexity index is 168. The molecule has 0 N–H and O–H groups in total. The van der Waals surface area contributed by atoms with Crippen molar-refractivity contribution in [1.82, 2.24) is 0 Å². The largest absolute Gasteiger partial charge is 0.372 e. The molecule has 1 unspecified atom stereocenters. The Labute approximate surface area is 72.1 Å². The summed E-state index contributed by atoms with van der Waals surface area (Å²) in [5.74, 6) is -2.77. The summed E-state index contributed by atoms with van der Waals surface area (Å²) in [6, 6.07) is 0. The molecule has 0 aromatic heterocycles. The number of halogens is 2. The number of hydrogen-bond donors (Lipinski definition) is 0. The molecule has 0 aromatic carbocycles. The first-order valence-electron chi connectivity index (χ1n) is 4.39. The molecule has 72 valence electrons. The van der Waals surface area contributed by atoms with Crippen LogP contribution in [-0.2, 0) is 4.74 Å². The fourth-order valence-corrected chi connectivity index (χ4v) is 2.17. The molecule has 0 amide bonds.